The highest BCUT2D eigenvalue weighted by molar-refractivity contribution is 7.89. The Morgan fingerprint density at radius 3 is 2.24 bits per heavy atom. The molecule has 1 aliphatic rings. The van der Waals surface area contributed by atoms with Crippen molar-refractivity contribution in [2.45, 2.75) is 74.2 Å². The normalized spacial score (nSPS) is 15.0. The maximum Gasteiger partial charge on any atom is 0.243 e. The van der Waals surface area contributed by atoms with Crippen LogP contribution in [0.25, 0.3) is 0 Å². The smallest absolute Gasteiger partial charge is 0.243 e. The summed E-state index contributed by atoms with van der Waals surface area (Å²) in [5.74, 6) is 0.0922. The summed E-state index contributed by atoms with van der Waals surface area (Å²) < 4.78 is 68.8. The van der Waals surface area contributed by atoms with Crippen LogP contribution < -0.4 is 25.2 Å². The van der Waals surface area contributed by atoms with Crippen LogP contribution in [0.1, 0.15) is 52.4 Å². The lowest BCUT2D eigenvalue weighted by molar-refractivity contribution is -0.122. The van der Waals surface area contributed by atoms with Gasteiger partial charge in [0.15, 0.2) is 11.5 Å². The number of carbonyl (C=O) groups is 1. The van der Waals surface area contributed by atoms with E-state index in [-0.39, 0.29) is 47.6 Å². The number of rotatable bonds is 19. The Hall–Kier alpha value is -3.95. The quantitative estimate of drug-likeness (QED) is 0.117. The monoisotopic (exact) mass is 744 g/mol. The fourth-order valence-corrected chi connectivity index (χ4v) is 8.48. The second-order valence-corrected chi connectivity index (χ2v) is 16.2. The van der Waals surface area contributed by atoms with Gasteiger partial charge >= 0.3 is 0 Å². The Kier molecular flexibility index (Phi) is 16.4. The molecule has 0 radical (unpaired) electrons. The molecule has 5 N–H and O–H groups in total. The zero-order valence-corrected chi connectivity index (χ0v) is 31.5. The van der Waals surface area contributed by atoms with Crippen molar-refractivity contribution in [1.29, 1.82) is 0 Å². The number of aliphatic hydroxyl groups excluding tert-OH is 1. The summed E-state index contributed by atoms with van der Waals surface area (Å²) >= 11 is 0. The highest BCUT2D eigenvalue weighted by Crippen LogP contribution is 2.30. The maximum absolute atomic E-state index is 13.6. The molecule has 0 saturated carbocycles. The SMILES string of the molecule is COc1ccc(S(=O)(=O)N[C@@H](CC2=CCC=CC=CCC=C2)C(=O)NCCCC[C@@H](CO)N(CC(C)C)S(=O)(=O)c2ccc(N)cc2)cc1OC. The van der Waals surface area contributed by atoms with Crippen LogP contribution >= 0.6 is 0 Å². The first-order chi connectivity index (χ1) is 24.3. The van der Waals surface area contributed by atoms with Crippen molar-refractivity contribution in [1.82, 2.24) is 14.3 Å². The van der Waals surface area contributed by atoms with Gasteiger partial charge in [-0.05, 0) is 80.0 Å². The van der Waals surface area contributed by atoms with Crippen molar-refractivity contribution < 1.29 is 36.2 Å². The molecule has 1 amide bonds. The molecule has 1 aliphatic carbocycles. The predicted octanol–water partition coefficient (Wildman–Crippen LogP) is 4.71. The minimum atomic E-state index is -4.17. The van der Waals surface area contributed by atoms with Gasteiger partial charge in [0.05, 0.1) is 30.6 Å². The number of amides is 1. The number of nitrogens with one attached hydrogen (secondary N) is 2. The van der Waals surface area contributed by atoms with Crippen LogP contribution in [0.15, 0.2) is 100 Å². The summed E-state index contributed by atoms with van der Waals surface area (Å²) in [6.07, 6.45) is 16.4. The molecular weight excluding hydrogens is 693 g/mol. The Balaban J connectivity index is 1.74. The molecule has 2 aromatic carbocycles. The van der Waals surface area contributed by atoms with E-state index in [2.05, 4.69) is 10.0 Å². The summed E-state index contributed by atoms with van der Waals surface area (Å²) in [6, 6.07) is 8.35. The lowest BCUT2D eigenvalue weighted by atomic mass is 10.0. The number of ether oxygens (including phenoxy) is 2. The Morgan fingerprint density at radius 2 is 1.59 bits per heavy atom. The van der Waals surface area contributed by atoms with Crippen LogP contribution in [-0.4, -0.2) is 78.2 Å². The molecule has 0 unspecified atom stereocenters. The summed E-state index contributed by atoms with van der Waals surface area (Å²) in [5, 5.41) is 13.1. The number of sulfonamides is 2. The van der Waals surface area contributed by atoms with Crippen molar-refractivity contribution in [2.75, 3.05) is 39.6 Å². The van der Waals surface area contributed by atoms with E-state index in [1.165, 1.54) is 61.0 Å². The van der Waals surface area contributed by atoms with Gasteiger partial charge in [-0.2, -0.15) is 9.03 Å². The van der Waals surface area contributed by atoms with Gasteiger partial charge in [-0.25, -0.2) is 16.8 Å². The second kappa shape index (κ2) is 20.2. The number of carbonyl (C=O) groups excluding carboxylic acids is 1. The zero-order chi connectivity index (χ0) is 37.4. The molecule has 2 atom stereocenters. The van der Waals surface area contributed by atoms with E-state index in [1.807, 2.05) is 56.4 Å². The van der Waals surface area contributed by atoms with Crippen molar-refractivity contribution in [2.24, 2.45) is 5.92 Å². The molecule has 0 fully saturated rings. The lowest BCUT2D eigenvalue weighted by Gasteiger charge is -2.31. The fourth-order valence-electron chi connectivity index (χ4n) is 5.46. The molecule has 0 aromatic heterocycles. The first-order valence-corrected chi connectivity index (χ1v) is 19.9. The van der Waals surface area contributed by atoms with Crippen molar-refractivity contribution in [3.05, 3.63) is 90.6 Å². The third-order valence-corrected chi connectivity index (χ3v) is 11.5. The average Bonchev–Trinajstić information content (AvgIpc) is 3.10. The van der Waals surface area contributed by atoms with E-state index in [9.17, 15) is 26.7 Å². The minimum absolute atomic E-state index is 0.00529. The van der Waals surface area contributed by atoms with E-state index in [0.717, 1.165) is 5.57 Å². The largest absolute Gasteiger partial charge is 0.493 e. The van der Waals surface area contributed by atoms with E-state index in [0.29, 0.717) is 43.5 Å². The number of benzene rings is 2. The van der Waals surface area contributed by atoms with Crippen LogP contribution in [0.4, 0.5) is 5.69 Å². The average molecular weight is 745 g/mol. The first kappa shape index (κ1) is 41.5. The standard InChI is InChI=1S/C37H52N4O8S2/c1-28(2)26-41(51(46,47)32-19-17-30(38)18-20-32)31(27-42)16-12-13-23-39-37(43)34(24-29-14-10-8-6-5-7-9-11-15-29)40-50(44,45)33-21-22-35(48-3)36(25-33)49-4/h5-8,11,14-15,17-22,25,28,31,34,40,42H,9-10,12-13,16,23-24,26-27,38H2,1-4H3,(H,39,43)/t31-,34-/m0/s1. The van der Waals surface area contributed by atoms with E-state index < -0.39 is 38.0 Å². The molecule has 0 spiro atoms. The van der Waals surface area contributed by atoms with Gasteiger partial charge in [0.25, 0.3) is 0 Å². The van der Waals surface area contributed by atoms with Gasteiger partial charge in [-0.15, -0.1) is 0 Å². The molecule has 0 saturated heterocycles. The van der Waals surface area contributed by atoms with Crippen LogP contribution in [-0.2, 0) is 24.8 Å². The lowest BCUT2D eigenvalue weighted by Crippen LogP contribution is -2.47. The van der Waals surface area contributed by atoms with Gasteiger partial charge < -0.3 is 25.6 Å². The number of anilines is 1. The second-order valence-electron chi connectivity index (χ2n) is 12.6. The van der Waals surface area contributed by atoms with Crippen molar-refractivity contribution in [3.63, 3.8) is 0 Å². The summed E-state index contributed by atoms with van der Waals surface area (Å²) in [6.45, 7) is 3.87. The van der Waals surface area contributed by atoms with Gasteiger partial charge in [0.2, 0.25) is 26.0 Å². The topological polar surface area (TPSA) is 177 Å². The molecule has 280 valence electrons. The molecule has 12 nitrogen and oxygen atoms in total. The molecule has 14 heteroatoms. The van der Waals surface area contributed by atoms with Crippen LogP contribution in [0.5, 0.6) is 11.5 Å². The van der Waals surface area contributed by atoms with Gasteiger partial charge in [-0.3, -0.25) is 4.79 Å². The third kappa shape index (κ3) is 12.6. The van der Waals surface area contributed by atoms with Gasteiger partial charge in [-0.1, -0.05) is 62.8 Å². The summed E-state index contributed by atoms with van der Waals surface area (Å²) in [5.41, 5.74) is 7.00. The van der Waals surface area contributed by atoms with E-state index in [4.69, 9.17) is 15.2 Å². The molecule has 0 heterocycles. The first-order valence-electron chi connectivity index (χ1n) is 17.0. The van der Waals surface area contributed by atoms with Gasteiger partial charge in [0.1, 0.15) is 6.04 Å². The van der Waals surface area contributed by atoms with Gasteiger partial charge in [0, 0.05) is 30.9 Å². The molecule has 3 rings (SSSR count). The Morgan fingerprint density at radius 1 is 0.922 bits per heavy atom. The van der Waals surface area contributed by atoms with E-state index in [1.54, 1.807) is 0 Å². The van der Waals surface area contributed by atoms with Crippen LogP contribution in [0, 0.1) is 5.92 Å². The molecule has 0 aliphatic heterocycles. The minimum Gasteiger partial charge on any atom is -0.493 e. The number of aliphatic hydroxyl groups is 1. The molecule has 2 aromatic rings. The summed E-state index contributed by atoms with van der Waals surface area (Å²) in [4.78, 5) is 13.6. The molecular formula is C37H52N4O8S2. The number of nitrogens with two attached hydrogens (primary N) is 1. The number of hydrogen-bond donors (Lipinski definition) is 4. The highest BCUT2D eigenvalue weighted by Gasteiger charge is 2.32. The Bertz CT molecular complexity index is 1770. The van der Waals surface area contributed by atoms with Crippen LogP contribution in [0.3, 0.4) is 0 Å². The number of unbranched alkanes of at least 4 members (excludes halogenated alkanes) is 1. The van der Waals surface area contributed by atoms with Crippen molar-refractivity contribution in [3.8, 4) is 11.5 Å². The van der Waals surface area contributed by atoms with E-state index >= 15 is 0 Å². The number of allylic oxidation sites excluding steroid dienone is 7. The highest BCUT2D eigenvalue weighted by atomic mass is 32.2. The predicted molar refractivity (Wildman–Crippen MR) is 200 cm³/mol. The Labute approximate surface area is 303 Å². The maximum atomic E-state index is 13.6. The molecule has 0 bridgehead atoms. The zero-order valence-electron chi connectivity index (χ0n) is 29.8. The number of nitrogens with zero attached hydrogens (tertiary/aromatic N) is 1. The molecule has 51 heavy (non-hydrogen) atoms. The number of nitrogen functional groups attached to an aromatic ring is 1. The summed E-state index contributed by atoms with van der Waals surface area (Å²) in [7, 11) is -5.23. The third-order valence-electron chi connectivity index (χ3n) is 8.14. The number of hydrogen-bond acceptors (Lipinski definition) is 9. The van der Waals surface area contributed by atoms with Crippen molar-refractivity contribution >= 4 is 31.6 Å². The fraction of sp³-hybridized carbons (Fsp3) is 0.432. The van der Waals surface area contributed by atoms with Crippen LogP contribution in [0.2, 0.25) is 0 Å². The number of methoxy groups -OCH3 is 2.